The number of hydrogen-bond donors (Lipinski definition) is 1. The number of nitrogens with one attached hydrogen (secondary N) is 1. The maximum Gasteiger partial charge on any atom is 0.263 e. The molecule has 0 spiro atoms. The van der Waals surface area contributed by atoms with Crippen molar-refractivity contribution < 1.29 is 4.79 Å². The SMILES string of the molecule is CCc1ccc(NC(=O)Cn2c(C)nc3sc4c(c3c2=O)CCCC4)cc1. The van der Waals surface area contributed by atoms with Crippen LogP contribution in [-0.4, -0.2) is 15.5 Å². The number of hydrogen-bond acceptors (Lipinski definition) is 4. The van der Waals surface area contributed by atoms with Crippen molar-refractivity contribution in [3.8, 4) is 0 Å². The van der Waals surface area contributed by atoms with Gasteiger partial charge in [0.25, 0.3) is 5.56 Å². The Hall–Kier alpha value is -2.47. The maximum atomic E-state index is 13.1. The molecular weight excluding hydrogens is 358 g/mol. The second-order valence-electron chi connectivity index (χ2n) is 7.04. The Bertz CT molecular complexity index is 1060. The third kappa shape index (κ3) is 3.41. The smallest absolute Gasteiger partial charge is 0.263 e. The van der Waals surface area contributed by atoms with Gasteiger partial charge in [-0.25, -0.2) is 4.98 Å². The second-order valence-corrected chi connectivity index (χ2v) is 8.12. The molecule has 0 radical (unpaired) electrons. The average Bonchev–Trinajstić information content (AvgIpc) is 3.04. The van der Waals surface area contributed by atoms with Crippen molar-refractivity contribution in [1.29, 1.82) is 0 Å². The van der Waals surface area contributed by atoms with Crippen LogP contribution in [0.3, 0.4) is 0 Å². The first-order valence-electron chi connectivity index (χ1n) is 9.47. The molecule has 6 heteroatoms. The van der Waals surface area contributed by atoms with Crippen LogP contribution in [0.4, 0.5) is 5.69 Å². The van der Waals surface area contributed by atoms with E-state index in [-0.39, 0.29) is 18.0 Å². The predicted molar refractivity (Wildman–Crippen MR) is 110 cm³/mol. The monoisotopic (exact) mass is 381 g/mol. The largest absolute Gasteiger partial charge is 0.325 e. The maximum absolute atomic E-state index is 13.1. The Labute approximate surface area is 162 Å². The highest BCUT2D eigenvalue weighted by atomic mass is 32.1. The molecule has 1 amide bonds. The number of benzene rings is 1. The van der Waals surface area contributed by atoms with E-state index in [1.54, 1.807) is 18.3 Å². The normalized spacial score (nSPS) is 13.6. The number of carbonyl (C=O) groups is 1. The lowest BCUT2D eigenvalue weighted by Gasteiger charge is -2.12. The van der Waals surface area contributed by atoms with E-state index in [4.69, 9.17) is 0 Å². The molecule has 2 heterocycles. The molecule has 0 aliphatic heterocycles. The molecule has 1 aromatic carbocycles. The van der Waals surface area contributed by atoms with E-state index < -0.39 is 0 Å². The molecule has 4 rings (SSSR count). The quantitative estimate of drug-likeness (QED) is 0.747. The fraction of sp³-hybridized carbons (Fsp3) is 0.381. The van der Waals surface area contributed by atoms with E-state index in [0.29, 0.717) is 5.82 Å². The van der Waals surface area contributed by atoms with Crippen LogP contribution in [-0.2, 0) is 30.6 Å². The summed E-state index contributed by atoms with van der Waals surface area (Å²) in [6.07, 6.45) is 5.21. The Kier molecular flexibility index (Phi) is 4.83. The van der Waals surface area contributed by atoms with Crippen LogP contribution in [0.1, 0.15) is 41.6 Å². The number of anilines is 1. The Balaban J connectivity index is 1.62. The molecule has 1 aliphatic rings. The van der Waals surface area contributed by atoms with Gasteiger partial charge in [0.1, 0.15) is 17.2 Å². The van der Waals surface area contributed by atoms with Crippen LogP contribution >= 0.6 is 11.3 Å². The minimum Gasteiger partial charge on any atom is -0.325 e. The van der Waals surface area contributed by atoms with Gasteiger partial charge in [-0.05, 0) is 62.3 Å². The van der Waals surface area contributed by atoms with Gasteiger partial charge in [-0.15, -0.1) is 11.3 Å². The molecular formula is C21H23N3O2S. The van der Waals surface area contributed by atoms with Crippen molar-refractivity contribution in [3.05, 3.63) is 56.4 Å². The zero-order valence-electron chi connectivity index (χ0n) is 15.7. The third-order valence-electron chi connectivity index (χ3n) is 5.21. The van der Waals surface area contributed by atoms with E-state index in [1.165, 1.54) is 21.4 Å². The van der Waals surface area contributed by atoms with Crippen LogP contribution < -0.4 is 10.9 Å². The zero-order valence-corrected chi connectivity index (χ0v) is 16.5. The summed E-state index contributed by atoms with van der Waals surface area (Å²) in [5.74, 6) is 0.372. The number of fused-ring (bicyclic) bond motifs is 3. The van der Waals surface area contributed by atoms with Gasteiger partial charge in [-0.1, -0.05) is 19.1 Å². The predicted octanol–water partition coefficient (Wildman–Crippen LogP) is 3.85. The van der Waals surface area contributed by atoms with Crippen molar-refractivity contribution in [2.24, 2.45) is 0 Å². The molecule has 0 saturated heterocycles. The number of nitrogens with zero attached hydrogens (tertiary/aromatic N) is 2. The lowest BCUT2D eigenvalue weighted by Crippen LogP contribution is -2.30. The molecule has 0 atom stereocenters. The number of thiophene rings is 1. The molecule has 1 N–H and O–H groups in total. The number of rotatable bonds is 4. The van der Waals surface area contributed by atoms with Crippen LogP contribution in [0.25, 0.3) is 10.2 Å². The average molecular weight is 382 g/mol. The fourth-order valence-electron chi connectivity index (χ4n) is 3.69. The molecule has 0 bridgehead atoms. The molecule has 3 aromatic rings. The highest BCUT2D eigenvalue weighted by Crippen LogP contribution is 2.33. The number of aryl methyl sites for hydroxylation is 4. The van der Waals surface area contributed by atoms with Crippen molar-refractivity contribution in [1.82, 2.24) is 9.55 Å². The van der Waals surface area contributed by atoms with Gasteiger partial charge >= 0.3 is 0 Å². The van der Waals surface area contributed by atoms with Crippen LogP contribution in [0.5, 0.6) is 0 Å². The van der Waals surface area contributed by atoms with Gasteiger partial charge in [0.05, 0.1) is 5.39 Å². The van der Waals surface area contributed by atoms with Crippen molar-refractivity contribution in [2.45, 2.75) is 52.5 Å². The van der Waals surface area contributed by atoms with E-state index >= 15 is 0 Å². The third-order valence-corrected chi connectivity index (χ3v) is 6.40. The molecule has 27 heavy (non-hydrogen) atoms. The summed E-state index contributed by atoms with van der Waals surface area (Å²) in [7, 11) is 0. The molecule has 0 saturated carbocycles. The minimum absolute atomic E-state index is 0.0201. The molecule has 140 valence electrons. The fourth-order valence-corrected chi connectivity index (χ4v) is 4.99. The molecule has 5 nitrogen and oxygen atoms in total. The van der Waals surface area contributed by atoms with Crippen LogP contribution in [0.15, 0.2) is 29.1 Å². The van der Waals surface area contributed by atoms with Crippen molar-refractivity contribution in [2.75, 3.05) is 5.32 Å². The molecule has 0 fully saturated rings. The summed E-state index contributed by atoms with van der Waals surface area (Å²) in [5, 5.41) is 3.60. The van der Waals surface area contributed by atoms with E-state index in [2.05, 4.69) is 17.2 Å². The van der Waals surface area contributed by atoms with Gasteiger partial charge in [-0.3, -0.25) is 14.2 Å². The van der Waals surface area contributed by atoms with E-state index in [9.17, 15) is 9.59 Å². The number of aromatic nitrogens is 2. The Morgan fingerprint density at radius 1 is 1.22 bits per heavy atom. The summed E-state index contributed by atoms with van der Waals surface area (Å²) < 4.78 is 1.50. The first-order chi connectivity index (χ1) is 13.1. The van der Waals surface area contributed by atoms with Crippen LogP contribution in [0, 0.1) is 6.92 Å². The standard InChI is InChI=1S/C21H23N3O2S/c1-3-14-8-10-15(11-9-14)23-18(25)12-24-13(2)22-20-19(21(24)26)16-6-4-5-7-17(16)27-20/h8-11H,3-7,12H2,1-2H3,(H,23,25). The molecule has 0 unspecified atom stereocenters. The number of carbonyl (C=O) groups excluding carboxylic acids is 1. The van der Waals surface area contributed by atoms with Gasteiger partial charge in [-0.2, -0.15) is 0 Å². The highest BCUT2D eigenvalue weighted by molar-refractivity contribution is 7.18. The van der Waals surface area contributed by atoms with Gasteiger partial charge < -0.3 is 5.32 Å². The molecule has 1 aliphatic carbocycles. The van der Waals surface area contributed by atoms with Gasteiger partial charge in [0.15, 0.2) is 0 Å². The summed E-state index contributed by atoms with van der Waals surface area (Å²) in [4.78, 5) is 32.3. The van der Waals surface area contributed by atoms with Crippen LogP contribution in [0.2, 0.25) is 0 Å². The summed E-state index contributed by atoms with van der Waals surface area (Å²) in [6, 6.07) is 7.78. The lowest BCUT2D eigenvalue weighted by atomic mass is 9.97. The summed E-state index contributed by atoms with van der Waals surface area (Å²) in [5.41, 5.74) is 3.03. The number of amides is 1. The minimum atomic E-state index is -0.213. The van der Waals surface area contributed by atoms with Crippen molar-refractivity contribution >= 4 is 33.1 Å². The second kappa shape index (κ2) is 7.27. The Morgan fingerprint density at radius 2 is 1.96 bits per heavy atom. The summed E-state index contributed by atoms with van der Waals surface area (Å²) in [6.45, 7) is 3.87. The Morgan fingerprint density at radius 3 is 2.70 bits per heavy atom. The van der Waals surface area contributed by atoms with E-state index in [0.717, 1.165) is 47.2 Å². The van der Waals surface area contributed by atoms with Gasteiger partial charge in [0.2, 0.25) is 5.91 Å². The first kappa shape index (κ1) is 17.9. The lowest BCUT2D eigenvalue weighted by molar-refractivity contribution is -0.116. The highest BCUT2D eigenvalue weighted by Gasteiger charge is 2.21. The zero-order chi connectivity index (χ0) is 19.0. The summed E-state index contributed by atoms with van der Waals surface area (Å²) >= 11 is 1.64. The van der Waals surface area contributed by atoms with E-state index in [1.807, 2.05) is 24.3 Å². The molecule has 2 aromatic heterocycles. The van der Waals surface area contributed by atoms with Gasteiger partial charge in [0, 0.05) is 10.6 Å². The van der Waals surface area contributed by atoms with Crippen molar-refractivity contribution in [3.63, 3.8) is 0 Å². The first-order valence-corrected chi connectivity index (χ1v) is 10.3. The topological polar surface area (TPSA) is 64.0 Å².